The zero-order valence-corrected chi connectivity index (χ0v) is 17.5. The van der Waals surface area contributed by atoms with Crippen LogP contribution in [0.2, 0.25) is 0 Å². The van der Waals surface area contributed by atoms with E-state index in [0.29, 0.717) is 0 Å². The molecule has 0 N–H and O–H groups in total. The molecule has 27 heavy (non-hydrogen) atoms. The lowest BCUT2D eigenvalue weighted by atomic mass is 9.79. The van der Waals surface area contributed by atoms with E-state index >= 15 is 0 Å². The highest BCUT2D eigenvalue weighted by atomic mass is 16.5. The Balaban J connectivity index is 2.03. The standard InChI is InChI=1S/C25H36O2/c1-4-7-8-11-19-14-15-22-23(18-19)25(27-17-6-3)21-13-10-9-12-20(21)24(22)26-16-5-2/h9-10,12-13,19H,4-8,11,14-18H2,1-3H3. The van der Waals surface area contributed by atoms with E-state index in [1.165, 1.54) is 54.0 Å². The van der Waals surface area contributed by atoms with E-state index < -0.39 is 0 Å². The van der Waals surface area contributed by atoms with Crippen LogP contribution in [0.5, 0.6) is 11.5 Å². The fourth-order valence-electron chi connectivity index (χ4n) is 4.37. The molecular weight excluding hydrogens is 332 g/mol. The minimum atomic E-state index is 0.783. The third-order valence-electron chi connectivity index (χ3n) is 5.74. The van der Waals surface area contributed by atoms with Gasteiger partial charge >= 0.3 is 0 Å². The topological polar surface area (TPSA) is 18.5 Å². The van der Waals surface area contributed by atoms with Gasteiger partial charge in [-0.25, -0.2) is 0 Å². The molecule has 0 fully saturated rings. The Morgan fingerprint density at radius 2 is 1.44 bits per heavy atom. The maximum atomic E-state index is 6.34. The quantitative estimate of drug-likeness (QED) is 0.416. The molecule has 1 unspecified atom stereocenters. The molecule has 0 aromatic heterocycles. The van der Waals surface area contributed by atoms with Gasteiger partial charge < -0.3 is 9.47 Å². The van der Waals surface area contributed by atoms with Crippen LogP contribution in [0.4, 0.5) is 0 Å². The summed E-state index contributed by atoms with van der Waals surface area (Å²) < 4.78 is 12.6. The Morgan fingerprint density at radius 3 is 2.04 bits per heavy atom. The molecule has 2 nitrogen and oxygen atoms in total. The molecule has 0 spiro atoms. The average molecular weight is 369 g/mol. The lowest BCUT2D eigenvalue weighted by molar-refractivity contribution is 0.299. The summed E-state index contributed by atoms with van der Waals surface area (Å²) in [5.41, 5.74) is 2.85. The molecule has 0 aliphatic heterocycles. The van der Waals surface area contributed by atoms with Crippen molar-refractivity contribution in [1.82, 2.24) is 0 Å². The zero-order chi connectivity index (χ0) is 19.1. The van der Waals surface area contributed by atoms with Crippen LogP contribution in [0, 0.1) is 5.92 Å². The first-order valence-corrected chi connectivity index (χ1v) is 11.1. The minimum Gasteiger partial charge on any atom is -0.493 e. The maximum Gasteiger partial charge on any atom is 0.130 e. The predicted octanol–water partition coefficient (Wildman–Crippen LogP) is 7.10. The van der Waals surface area contributed by atoms with E-state index in [9.17, 15) is 0 Å². The normalized spacial score (nSPS) is 16.3. The van der Waals surface area contributed by atoms with Crippen LogP contribution < -0.4 is 9.47 Å². The summed E-state index contributed by atoms with van der Waals surface area (Å²) in [6.45, 7) is 8.21. The van der Waals surface area contributed by atoms with Gasteiger partial charge in [0.1, 0.15) is 11.5 Å². The molecule has 0 radical (unpaired) electrons. The van der Waals surface area contributed by atoms with Gasteiger partial charge in [0.25, 0.3) is 0 Å². The van der Waals surface area contributed by atoms with Gasteiger partial charge in [-0.1, -0.05) is 70.7 Å². The van der Waals surface area contributed by atoms with Crippen LogP contribution in [0.1, 0.15) is 76.8 Å². The van der Waals surface area contributed by atoms with Crippen molar-refractivity contribution in [3.05, 3.63) is 35.4 Å². The summed E-state index contributed by atoms with van der Waals surface area (Å²) in [7, 11) is 0. The first-order chi connectivity index (χ1) is 13.3. The van der Waals surface area contributed by atoms with Crippen LogP contribution in [0.15, 0.2) is 24.3 Å². The van der Waals surface area contributed by atoms with Crippen molar-refractivity contribution in [1.29, 1.82) is 0 Å². The summed E-state index contributed by atoms with van der Waals surface area (Å²) in [5, 5.41) is 2.45. The van der Waals surface area contributed by atoms with Crippen LogP contribution in [-0.4, -0.2) is 13.2 Å². The molecule has 2 heteroatoms. The summed E-state index contributed by atoms with van der Waals surface area (Å²) >= 11 is 0. The lowest BCUT2D eigenvalue weighted by Crippen LogP contribution is -2.18. The fourth-order valence-corrected chi connectivity index (χ4v) is 4.37. The third-order valence-corrected chi connectivity index (χ3v) is 5.74. The monoisotopic (exact) mass is 368 g/mol. The van der Waals surface area contributed by atoms with Crippen molar-refractivity contribution >= 4 is 10.8 Å². The fraction of sp³-hybridized carbons (Fsp3) is 0.600. The molecule has 0 saturated heterocycles. The Labute approximate surface area is 165 Å². The summed E-state index contributed by atoms with van der Waals surface area (Å²) in [6.07, 6.45) is 11.0. The number of fused-ring (bicyclic) bond motifs is 2. The molecular formula is C25H36O2. The van der Waals surface area contributed by atoms with Crippen molar-refractivity contribution in [2.24, 2.45) is 5.92 Å². The SMILES string of the molecule is CCCCCC1CCc2c(c(OCCC)c3ccccc3c2OCCC)C1. The van der Waals surface area contributed by atoms with E-state index in [0.717, 1.165) is 56.3 Å². The Bertz CT molecular complexity index is 735. The predicted molar refractivity (Wildman–Crippen MR) is 115 cm³/mol. The molecule has 1 aliphatic rings. The Kier molecular flexibility index (Phi) is 7.43. The second-order valence-corrected chi connectivity index (χ2v) is 7.96. The van der Waals surface area contributed by atoms with Gasteiger partial charge in [0.05, 0.1) is 13.2 Å². The number of hydrogen-bond donors (Lipinski definition) is 0. The minimum absolute atomic E-state index is 0.783. The third kappa shape index (κ3) is 4.59. The van der Waals surface area contributed by atoms with Crippen molar-refractivity contribution in [2.45, 2.75) is 78.6 Å². The number of benzene rings is 2. The van der Waals surface area contributed by atoms with E-state index in [2.05, 4.69) is 45.0 Å². The smallest absolute Gasteiger partial charge is 0.130 e. The molecule has 0 bridgehead atoms. The Morgan fingerprint density at radius 1 is 0.815 bits per heavy atom. The summed E-state index contributed by atoms with van der Waals surface area (Å²) in [6, 6.07) is 8.65. The van der Waals surface area contributed by atoms with Gasteiger partial charge in [-0.2, -0.15) is 0 Å². The largest absolute Gasteiger partial charge is 0.493 e. The van der Waals surface area contributed by atoms with Gasteiger partial charge in [0.2, 0.25) is 0 Å². The molecule has 1 atom stereocenters. The second-order valence-electron chi connectivity index (χ2n) is 7.96. The van der Waals surface area contributed by atoms with Crippen molar-refractivity contribution < 1.29 is 9.47 Å². The first-order valence-electron chi connectivity index (χ1n) is 11.1. The molecule has 0 amide bonds. The Hall–Kier alpha value is -1.70. The molecule has 148 valence electrons. The number of ether oxygens (including phenoxy) is 2. The summed E-state index contributed by atoms with van der Waals surface area (Å²) in [5.74, 6) is 3.04. The van der Waals surface area contributed by atoms with E-state index in [1.807, 2.05) is 0 Å². The van der Waals surface area contributed by atoms with Crippen molar-refractivity contribution in [3.8, 4) is 11.5 Å². The molecule has 3 rings (SSSR count). The molecule has 2 aromatic carbocycles. The van der Waals surface area contributed by atoms with Crippen LogP contribution in [-0.2, 0) is 12.8 Å². The summed E-state index contributed by atoms with van der Waals surface area (Å²) in [4.78, 5) is 0. The highest BCUT2D eigenvalue weighted by molar-refractivity contribution is 5.96. The molecule has 0 heterocycles. The van der Waals surface area contributed by atoms with Gasteiger partial charge in [-0.15, -0.1) is 0 Å². The van der Waals surface area contributed by atoms with Gasteiger partial charge in [0, 0.05) is 21.9 Å². The number of unbranched alkanes of at least 4 members (excludes halogenated alkanes) is 2. The van der Waals surface area contributed by atoms with E-state index in [4.69, 9.17) is 9.47 Å². The van der Waals surface area contributed by atoms with Crippen molar-refractivity contribution in [3.63, 3.8) is 0 Å². The van der Waals surface area contributed by atoms with Crippen LogP contribution in [0.25, 0.3) is 10.8 Å². The van der Waals surface area contributed by atoms with E-state index in [-0.39, 0.29) is 0 Å². The van der Waals surface area contributed by atoms with Gasteiger partial charge in [-0.3, -0.25) is 0 Å². The van der Waals surface area contributed by atoms with Gasteiger partial charge in [-0.05, 0) is 38.0 Å². The highest BCUT2D eigenvalue weighted by Gasteiger charge is 2.27. The number of hydrogen-bond acceptors (Lipinski definition) is 2. The van der Waals surface area contributed by atoms with Gasteiger partial charge in [0.15, 0.2) is 0 Å². The second kappa shape index (κ2) is 10.0. The molecule has 0 saturated carbocycles. The van der Waals surface area contributed by atoms with Crippen molar-refractivity contribution in [2.75, 3.05) is 13.2 Å². The molecule has 2 aromatic rings. The maximum absolute atomic E-state index is 6.34. The lowest BCUT2D eigenvalue weighted by Gasteiger charge is -2.30. The van der Waals surface area contributed by atoms with E-state index in [1.54, 1.807) is 0 Å². The number of rotatable bonds is 10. The van der Waals surface area contributed by atoms with Crippen LogP contribution >= 0.6 is 0 Å². The molecule has 1 aliphatic carbocycles. The average Bonchev–Trinajstić information content (AvgIpc) is 2.70. The van der Waals surface area contributed by atoms with Crippen LogP contribution in [0.3, 0.4) is 0 Å². The highest BCUT2D eigenvalue weighted by Crippen LogP contribution is 2.46. The first kappa shape index (κ1) is 20.0. The zero-order valence-electron chi connectivity index (χ0n) is 17.5.